The summed E-state index contributed by atoms with van der Waals surface area (Å²) in [4.78, 5) is 7.91. The second-order valence-electron chi connectivity index (χ2n) is 5.27. The summed E-state index contributed by atoms with van der Waals surface area (Å²) in [5.41, 5.74) is 0. The van der Waals surface area contributed by atoms with E-state index in [1.165, 1.54) is 17.7 Å². The zero-order valence-corrected chi connectivity index (χ0v) is 15.6. The highest BCUT2D eigenvalue weighted by atomic mass is 127. The number of nitrogens with zero attached hydrogens (tertiary/aromatic N) is 2. The van der Waals surface area contributed by atoms with Crippen LogP contribution in [-0.4, -0.2) is 45.1 Å². The van der Waals surface area contributed by atoms with E-state index in [-0.39, 0.29) is 24.0 Å². The van der Waals surface area contributed by atoms with E-state index < -0.39 is 0 Å². The van der Waals surface area contributed by atoms with Gasteiger partial charge in [0.15, 0.2) is 5.96 Å². The number of guanidine groups is 1. The first-order chi connectivity index (χ1) is 9.20. The molecule has 2 N–H and O–H groups in total. The molecule has 0 aliphatic heterocycles. The molecule has 1 saturated carbocycles. The summed E-state index contributed by atoms with van der Waals surface area (Å²) in [7, 11) is 6.07. The maximum Gasteiger partial charge on any atom is 0.191 e. The lowest BCUT2D eigenvalue weighted by Crippen LogP contribution is -2.42. The molecule has 6 heteroatoms. The summed E-state index contributed by atoms with van der Waals surface area (Å²) in [6, 6.07) is 4.69. The molecule has 1 aromatic heterocycles. The van der Waals surface area contributed by atoms with Crippen molar-refractivity contribution in [2.24, 2.45) is 10.9 Å². The quantitative estimate of drug-likeness (QED) is 0.432. The van der Waals surface area contributed by atoms with E-state index in [9.17, 15) is 0 Å². The predicted octanol–water partition coefficient (Wildman–Crippen LogP) is 2.54. The van der Waals surface area contributed by atoms with Gasteiger partial charge in [-0.1, -0.05) is 6.07 Å². The summed E-state index contributed by atoms with van der Waals surface area (Å²) in [6.07, 6.45) is 2.72. The van der Waals surface area contributed by atoms with Gasteiger partial charge in [0, 0.05) is 25.0 Å². The van der Waals surface area contributed by atoms with Crippen molar-refractivity contribution in [3.63, 3.8) is 0 Å². The third-order valence-electron chi connectivity index (χ3n) is 3.44. The molecule has 0 aromatic carbocycles. The van der Waals surface area contributed by atoms with Crippen LogP contribution >= 0.6 is 35.3 Å². The number of nitrogens with one attached hydrogen (secondary N) is 2. The lowest BCUT2D eigenvalue weighted by Gasteiger charge is -2.24. The molecule has 1 unspecified atom stereocenters. The van der Waals surface area contributed by atoms with Gasteiger partial charge in [-0.2, -0.15) is 0 Å². The Morgan fingerprint density at radius 2 is 2.20 bits per heavy atom. The highest BCUT2D eigenvalue weighted by Crippen LogP contribution is 2.27. The lowest BCUT2D eigenvalue weighted by molar-refractivity contribution is 0.302. The van der Waals surface area contributed by atoms with Crippen molar-refractivity contribution in [2.75, 3.05) is 34.2 Å². The maximum atomic E-state index is 4.28. The Labute approximate surface area is 143 Å². The van der Waals surface area contributed by atoms with Crippen molar-refractivity contribution >= 4 is 41.3 Å². The van der Waals surface area contributed by atoms with Crippen molar-refractivity contribution < 1.29 is 0 Å². The third-order valence-corrected chi connectivity index (χ3v) is 4.41. The van der Waals surface area contributed by atoms with Crippen molar-refractivity contribution in [3.05, 3.63) is 22.4 Å². The second kappa shape index (κ2) is 8.84. The van der Waals surface area contributed by atoms with E-state index in [0.717, 1.165) is 25.0 Å². The predicted molar refractivity (Wildman–Crippen MR) is 98.3 cm³/mol. The van der Waals surface area contributed by atoms with Gasteiger partial charge in [-0.05, 0) is 44.3 Å². The normalized spacial score (nSPS) is 16.7. The van der Waals surface area contributed by atoms with Gasteiger partial charge in [0.2, 0.25) is 0 Å². The van der Waals surface area contributed by atoms with Gasteiger partial charge in [-0.15, -0.1) is 35.3 Å². The summed E-state index contributed by atoms with van der Waals surface area (Å²) in [5.74, 6) is 1.77. The Bertz CT molecular complexity index is 401. The van der Waals surface area contributed by atoms with E-state index >= 15 is 0 Å². The molecule has 0 amide bonds. The second-order valence-corrected chi connectivity index (χ2v) is 6.25. The molecule has 1 aliphatic carbocycles. The molecular formula is C14H25IN4S. The van der Waals surface area contributed by atoms with Gasteiger partial charge in [-0.3, -0.25) is 4.99 Å². The molecule has 2 rings (SSSR count). The lowest BCUT2D eigenvalue weighted by atomic mass is 10.2. The first kappa shape index (κ1) is 17.7. The highest BCUT2D eigenvalue weighted by Gasteiger charge is 2.21. The average molecular weight is 408 g/mol. The minimum absolute atomic E-state index is 0. The summed E-state index contributed by atoms with van der Waals surface area (Å²) < 4.78 is 0. The number of aliphatic imine (C=N–C) groups is 1. The Morgan fingerprint density at radius 1 is 1.45 bits per heavy atom. The molecule has 1 aromatic rings. The van der Waals surface area contributed by atoms with Gasteiger partial charge < -0.3 is 15.5 Å². The van der Waals surface area contributed by atoms with Gasteiger partial charge in [0.1, 0.15) is 0 Å². The monoisotopic (exact) mass is 408 g/mol. The molecule has 1 heterocycles. The minimum atomic E-state index is 0. The number of halogens is 1. The van der Waals surface area contributed by atoms with E-state index in [4.69, 9.17) is 0 Å². The number of hydrogen-bond donors (Lipinski definition) is 2. The Balaban J connectivity index is 0.00000200. The standard InChI is InChI=1S/C14H24N4S.HI/c1-15-14(16-9-11-6-7-11)17-10-12(18(2)3)13-5-4-8-19-13;/h4-5,8,11-12H,6-7,9-10H2,1-3H3,(H2,15,16,17);1H. The maximum absolute atomic E-state index is 4.28. The fourth-order valence-electron chi connectivity index (χ4n) is 2.00. The molecule has 1 aliphatic rings. The van der Waals surface area contributed by atoms with Crippen LogP contribution < -0.4 is 10.6 Å². The van der Waals surface area contributed by atoms with E-state index in [1.54, 1.807) is 11.3 Å². The Kier molecular flexibility index (Phi) is 7.83. The van der Waals surface area contributed by atoms with Crippen molar-refractivity contribution in [1.82, 2.24) is 15.5 Å². The van der Waals surface area contributed by atoms with Crippen LogP contribution in [-0.2, 0) is 0 Å². The molecular weight excluding hydrogens is 383 g/mol. The molecule has 20 heavy (non-hydrogen) atoms. The van der Waals surface area contributed by atoms with Gasteiger partial charge in [0.25, 0.3) is 0 Å². The fraction of sp³-hybridized carbons (Fsp3) is 0.643. The van der Waals surface area contributed by atoms with Crippen LogP contribution in [0.15, 0.2) is 22.5 Å². The summed E-state index contributed by atoms with van der Waals surface area (Å²) in [5, 5.41) is 8.95. The van der Waals surface area contributed by atoms with Crippen LogP contribution in [0.4, 0.5) is 0 Å². The van der Waals surface area contributed by atoms with Crippen molar-refractivity contribution in [3.8, 4) is 0 Å². The topological polar surface area (TPSA) is 39.7 Å². The molecule has 114 valence electrons. The largest absolute Gasteiger partial charge is 0.356 e. The van der Waals surface area contributed by atoms with Gasteiger partial charge in [-0.25, -0.2) is 0 Å². The van der Waals surface area contributed by atoms with Crippen LogP contribution in [0.25, 0.3) is 0 Å². The van der Waals surface area contributed by atoms with E-state index in [1.807, 2.05) is 7.05 Å². The first-order valence-corrected chi connectivity index (χ1v) is 7.73. The number of hydrogen-bond acceptors (Lipinski definition) is 3. The van der Waals surface area contributed by atoms with Gasteiger partial charge >= 0.3 is 0 Å². The van der Waals surface area contributed by atoms with Crippen LogP contribution in [0.5, 0.6) is 0 Å². The van der Waals surface area contributed by atoms with Crippen LogP contribution in [0.3, 0.4) is 0 Å². The van der Waals surface area contributed by atoms with E-state index in [2.05, 4.69) is 52.1 Å². The zero-order chi connectivity index (χ0) is 13.7. The summed E-state index contributed by atoms with van der Waals surface area (Å²) in [6.45, 7) is 1.92. The Hall–Kier alpha value is -0.340. The first-order valence-electron chi connectivity index (χ1n) is 6.85. The highest BCUT2D eigenvalue weighted by molar-refractivity contribution is 14.0. The molecule has 0 radical (unpaired) electrons. The molecule has 0 saturated heterocycles. The molecule has 0 spiro atoms. The minimum Gasteiger partial charge on any atom is -0.356 e. The van der Waals surface area contributed by atoms with Crippen molar-refractivity contribution in [1.29, 1.82) is 0 Å². The molecule has 1 atom stereocenters. The molecule has 0 bridgehead atoms. The summed E-state index contributed by atoms with van der Waals surface area (Å²) >= 11 is 1.80. The average Bonchev–Trinajstić information content (AvgIpc) is 3.07. The van der Waals surface area contributed by atoms with E-state index in [0.29, 0.717) is 6.04 Å². The SMILES string of the molecule is CN=C(NCC1CC1)NCC(c1cccs1)N(C)C.I. The molecule has 4 nitrogen and oxygen atoms in total. The Morgan fingerprint density at radius 3 is 2.70 bits per heavy atom. The number of thiophene rings is 1. The number of rotatable bonds is 6. The van der Waals surface area contributed by atoms with Crippen LogP contribution in [0.1, 0.15) is 23.8 Å². The molecule has 1 fully saturated rings. The van der Waals surface area contributed by atoms with Gasteiger partial charge in [0.05, 0.1) is 6.04 Å². The smallest absolute Gasteiger partial charge is 0.191 e. The van der Waals surface area contributed by atoms with Crippen LogP contribution in [0.2, 0.25) is 0 Å². The fourth-order valence-corrected chi connectivity index (χ4v) is 2.92. The third kappa shape index (κ3) is 5.57. The van der Waals surface area contributed by atoms with Crippen molar-refractivity contribution in [2.45, 2.75) is 18.9 Å². The number of likely N-dealkylation sites (N-methyl/N-ethyl adjacent to an activating group) is 1. The zero-order valence-electron chi connectivity index (χ0n) is 12.4. The van der Waals surface area contributed by atoms with Crippen LogP contribution in [0, 0.1) is 5.92 Å².